The molecule has 0 saturated carbocycles. The van der Waals surface area contributed by atoms with Crippen molar-refractivity contribution >= 4 is 50.8 Å². The summed E-state index contributed by atoms with van der Waals surface area (Å²) < 4.78 is 1.69. The molecular weight excluding hydrogens is 294 g/mol. The van der Waals surface area contributed by atoms with Gasteiger partial charge in [-0.15, -0.1) is 5.10 Å². The Morgan fingerprint density at radius 3 is 2.73 bits per heavy atom. The van der Waals surface area contributed by atoms with E-state index in [1.54, 1.807) is 6.21 Å². The van der Waals surface area contributed by atoms with Gasteiger partial charge < -0.3 is 0 Å². The maximum Gasteiger partial charge on any atom is 0.230 e. The van der Waals surface area contributed by atoms with Gasteiger partial charge in [0, 0.05) is 10.7 Å². The van der Waals surface area contributed by atoms with E-state index in [-0.39, 0.29) is 0 Å². The van der Waals surface area contributed by atoms with E-state index in [4.69, 9.17) is 12.2 Å². The molecule has 0 unspecified atom stereocenters. The highest BCUT2D eigenvalue weighted by molar-refractivity contribution is 9.10. The van der Waals surface area contributed by atoms with Crippen LogP contribution < -0.4 is 0 Å². The summed E-state index contributed by atoms with van der Waals surface area (Å²) in [6, 6.07) is 7.88. The molecule has 0 spiro atoms. The second-order valence-electron chi connectivity index (χ2n) is 2.71. The van der Waals surface area contributed by atoms with Crippen LogP contribution in [0.1, 0.15) is 5.56 Å². The molecule has 0 aliphatic carbocycles. The Kier molecular flexibility index (Phi) is 3.40. The number of halogens is 1. The Hall–Kier alpha value is -0.850. The minimum absolute atomic E-state index is 0.637. The van der Waals surface area contributed by atoms with Crippen LogP contribution in [0, 0.1) is 3.95 Å². The molecule has 0 radical (unpaired) electrons. The Bertz CT molecular complexity index is 527. The second kappa shape index (κ2) is 4.78. The van der Waals surface area contributed by atoms with Gasteiger partial charge in [0.15, 0.2) is 3.95 Å². The van der Waals surface area contributed by atoms with Gasteiger partial charge in [-0.1, -0.05) is 39.4 Å². The molecule has 0 aliphatic rings. The number of aliphatic imine (C=N–C) groups is 1. The van der Waals surface area contributed by atoms with Crippen LogP contribution in [-0.4, -0.2) is 16.4 Å². The van der Waals surface area contributed by atoms with Crippen LogP contribution >= 0.6 is 39.5 Å². The summed E-state index contributed by atoms with van der Waals surface area (Å²) in [5.41, 5.74) is 1.03. The number of benzene rings is 1. The van der Waals surface area contributed by atoms with E-state index in [1.165, 1.54) is 11.3 Å². The second-order valence-corrected chi connectivity index (χ2v) is 5.27. The van der Waals surface area contributed by atoms with Crippen molar-refractivity contribution in [2.24, 2.45) is 4.99 Å². The van der Waals surface area contributed by atoms with Crippen molar-refractivity contribution in [2.45, 2.75) is 0 Å². The summed E-state index contributed by atoms with van der Waals surface area (Å²) in [6.45, 7) is 0. The van der Waals surface area contributed by atoms with E-state index in [0.717, 1.165) is 10.0 Å². The molecule has 0 saturated heterocycles. The zero-order chi connectivity index (χ0) is 10.7. The number of nitrogens with zero attached hydrogens (tertiary/aromatic N) is 2. The van der Waals surface area contributed by atoms with Crippen molar-refractivity contribution in [3.8, 4) is 0 Å². The van der Waals surface area contributed by atoms with Gasteiger partial charge in [-0.3, -0.25) is 5.10 Å². The number of rotatable bonds is 2. The molecule has 1 aromatic heterocycles. The first-order valence-corrected chi connectivity index (χ1v) is 6.11. The third-order valence-corrected chi connectivity index (χ3v) is 3.15. The average Bonchev–Trinajstić information content (AvgIpc) is 2.64. The largest absolute Gasteiger partial charge is 0.256 e. The molecule has 0 bridgehead atoms. The normalized spacial score (nSPS) is 11.0. The van der Waals surface area contributed by atoms with E-state index in [1.807, 2.05) is 24.3 Å². The van der Waals surface area contributed by atoms with Crippen molar-refractivity contribution < 1.29 is 0 Å². The van der Waals surface area contributed by atoms with Crippen LogP contribution in [0.3, 0.4) is 0 Å². The van der Waals surface area contributed by atoms with Gasteiger partial charge in [0.1, 0.15) is 0 Å². The Morgan fingerprint density at radius 1 is 1.40 bits per heavy atom. The molecule has 1 N–H and O–H groups in total. The highest BCUT2D eigenvalue weighted by Crippen LogP contribution is 2.15. The first-order chi connectivity index (χ1) is 7.24. The quantitative estimate of drug-likeness (QED) is 0.678. The van der Waals surface area contributed by atoms with Gasteiger partial charge in [0.25, 0.3) is 0 Å². The third kappa shape index (κ3) is 3.05. The van der Waals surface area contributed by atoms with Crippen LogP contribution in [0.15, 0.2) is 33.7 Å². The summed E-state index contributed by atoms with van der Waals surface area (Å²) in [6.07, 6.45) is 1.76. The molecule has 0 atom stereocenters. The minimum atomic E-state index is 0.637. The van der Waals surface area contributed by atoms with Crippen molar-refractivity contribution in [1.29, 1.82) is 0 Å². The van der Waals surface area contributed by atoms with Crippen LogP contribution in [0.25, 0.3) is 0 Å². The van der Waals surface area contributed by atoms with Gasteiger partial charge in [0.2, 0.25) is 5.13 Å². The Balaban J connectivity index is 2.18. The predicted octanol–water partition coefficient (Wildman–Crippen LogP) is 3.71. The lowest BCUT2D eigenvalue weighted by molar-refractivity contribution is 1.07. The SMILES string of the molecule is S=c1[nH]nc(N=Cc2ccc(Br)cc2)s1. The van der Waals surface area contributed by atoms with E-state index < -0.39 is 0 Å². The lowest BCUT2D eigenvalue weighted by Crippen LogP contribution is -1.78. The minimum Gasteiger partial charge on any atom is -0.256 e. The van der Waals surface area contributed by atoms with Gasteiger partial charge in [-0.25, -0.2) is 4.99 Å². The zero-order valence-corrected chi connectivity index (χ0v) is 10.7. The fourth-order valence-corrected chi connectivity index (χ4v) is 1.94. The summed E-state index contributed by atoms with van der Waals surface area (Å²) in [4.78, 5) is 4.20. The number of nitrogens with one attached hydrogen (secondary N) is 1. The molecule has 2 rings (SSSR count). The van der Waals surface area contributed by atoms with Gasteiger partial charge in [-0.05, 0) is 29.9 Å². The molecule has 2 aromatic rings. The number of H-pyrrole nitrogens is 1. The fraction of sp³-hybridized carbons (Fsp3) is 0. The molecule has 15 heavy (non-hydrogen) atoms. The van der Waals surface area contributed by atoms with E-state index in [2.05, 4.69) is 31.1 Å². The van der Waals surface area contributed by atoms with Crippen molar-refractivity contribution in [1.82, 2.24) is 10.2 Å². The average molecular weight is 300 g/mol. The molecule has 6 heteroatoms. The van der Waals surface area contributed by atoms with E-state index in [0.29, 0.717) is 9.09 Å². The van der Waals surface area contributed by atoms with Crippen LogP contribution in [-0.2, 0) is 0 Å². The third-order valence-electron chi connectivity index (χ3n) is 1.62. The first-order valence-electron chi connectivity index (χ1n) is 4.09. The molecular formula is C9H6BrN3S2. The Labute approximate surface area is 104 Å². The zero-order valence-electron chi connectivity index (χ0n) is 7.48. The summed E-state index contributed by atoms with van der Waals surface area (Å²) >= 11 is 9.62. The molecule has 0 aliphatic heterocycles. The van der Waals surface area contributed by atoms with Gasteiger partial charge in [0.05, 0.1) is 0 Å². The highest BCUT2D eigenvalue weighted by Gasteiger charge is 1.92. The standard InChI is InChI=1S/C9H6BrN3S2/c10-7-3-1-6(2-4-7)5-11-8-12-13-9(14)15-8/h1-5H,(H,13,14). The number of hydrogen-bond donors (Lipinski definition) is 1. The molecule has 1 heterocycles. The van der Waals surface area contributed by atoms with E-state index >= 15 is 0 Å². The lowest BCUT2D eigenvalue weighted by atomic mass is 10.2. The van der Waals surface area contributed by atoms with Crippen molar-refractivity contribution in [3.63, 3.8) is 0 Å². The molecule has 76 valence electrons. The maximum atomic E-state index is 4.90. The monoisotopic (exact) mass is 299 g/mol. The Morgan fingerprint density at radius 2 is 2.13 bits per heavy atom. The van der Waals surface area contributed by atoms with Gasteiger partial charge >= 0.3 is 0 Å². The number of aromatic nitrogens is 2. The van der Waals surface area contributed by atoms with Gasteiger partial charge in [-0.2, -0.15) is 0 Å². The van der Waals surface area contributed by atoms with Crippen LogP contribution in [0.4, 0.5) is 5.13 Å². The summed E-state index contributed by atoms with van der Waals surface area (Å²) in [7, 11) is 0. The topological polar surface area (TPSA) is 41.0 Å². The first kappa shape index (κ1) is 10.7. The predicted molar refractivity (Wildman–Crippen MR) is 68.7 cm³/mol. The molecule has 1 aromatic carbocycles. The maximum absolute atomic E-state index is 4.90. The summed E-state index contributed by atoms with van der Waals surface area (Å²) in [5.74, 6) is 0. The fourth-order valence-electron chi connectivity index (χ4n) is 0.956. The van der Waals surface area contributed by atoms with Crippen LogP contribution in [0.5, 0.6) is 0 Å². The molecule has 0 fully saturated rings. The highest BCUT2D eigenvalue weighted by atomic mass is 79.9. The van der Waals surface area contributed by atoms with Crippen molar-refractivity contribution in [2.75, 3.05) is 0 Å². The molecule has 0 amide bonds. The number of hydrogen-bond acceptors (Lipinski definition) is 4. The smallest absolute Gasteiger partial charge is 0.230 e. The summed E-state index contributed by atoms with van der Waals surface area (Å²) in [5, 5.41) is 7.25. The van der Waals surface area contributed by atoms with Crippen molar-refractivity contribution in [3.05, 3.63) is 38.3 Å². The lowest BCUT2D eigenvalue weighted by Gasteiger charge is -1.91. The van der Waals surface area contributed by atoms with E-state index in [9.17, 15) is 0 Å². The molecule has 3 nitrogen and oxygen atoms in total. The number of aromatic amines is 1. The van der Waals surface area contributed by atoms with Crippen LogP contribution in [0.2, 0.25) is 0 Å².